The first kappa shape index (κ1) is 17.3. The van der Waals surface area contributed by atoms with Crippen LogP contribution in [-0.2, 0) is 4.79 Å². The number of carbonyl (C=O) groups is 1. The maximum absolute atomic E-state index is 12.1. The number of rotatable bonds is 8. The summed E-state index contributed by atoms with van der Waals surface area (Å²) in [5, 5.41) is 8.83. The fourth-order valence-corrected chi connectivity index (χ4v) is 4.18. The second-order valence-electron chi connectivity index (χ2n) is 4.70. The second-order valence-corrected chi connectivity index (χ2v) is 6.99. The molecule has 0 bridgehead atoms. The van der Waals surface area contributed by atoms with Gasteiger partial charge < -0.3 is 19.5 Å². The lowest BCUT2D eigenvalue weighted by molar-refractivity contribution is -0.127. The molecule has 7 heteroatoms. The van der Waals surface area contributed by atoms with E-state index < -0.39 is 0 Å². The molecule has 1 heterocycles. The highest BCUT2D eigenvalue weighted by Crippen LogP contribution is 2.41. The average Bonchev–Trinajstić information content (AvgIpc) is 2.92. The van der Waals surface area contributed by atoms with Crippen LogP contribution in [0.5, 0.6) is 11.5 Å². The van der Waals surface area contributed by atoms with Gasteiger partial charge in [0.2, 0.25) is 5.91 Å². The first-order valence-corrected chi connectivity index (χ1v) is 9.23. The van der Waals surface area contributed by atoms with Gasteiger partial charge in [0.05, 0.1) is 26.6 Å². The summed E-state index contributed by atoms with van der Waals surface area (Å²) in [5.41, 5.74) is 1.04. The van der Waals surface area contributed by atoms with Gasteiger partial charge in [-0.15, -0.1) is 11.8 Å². The van der Waals surface area contributed by atoms with Gasteiger partial charge in [-0.25, -0.2) is 0 Å². The molecule has 0 spiro atoms. The molecule has 1 amide bonds. The van der Waals surface area contributed by atoms with Crippen molar-refractivity contribution in [2.75, 3.05) is 44.6 Å². The van der Waals surface area contributed by atoms with Crippen LogP contribution in [0, 0.1) is 0 Å². The molecule has 1 aromatic rings. The SMILES string of the molecule is COc1ccc(C2SCC(=O)N2CCSCCO)cc1OC. The number of ether oxygens (including phenoxy) is 2. The Labute approximate surface area is 139 Å². The Morgan fingerprint density at radius 3 is 2.77 bits per heavy atom. The molecular weight excluding hydrogens is 322 g/mol. The quantitative estimate of drug-likeness (QED) is 0.729. The van der Waals surface area contributed by atoms with E-state index in [0.29, 0.717) is 29.5 Å². The highest BCUT2D eigenvalue weighted by atomic mass is 32.2. The number of benzene rings is 1. The van der Waals surface area contributed by atoms with Crippen LogP contribution in [0.15, 0.2) is 18.2 Å². The van der Waals surface area contributed by atoms with Gasteiger partial charge in [-0.2, -0.15) is 11.8 Å². The largest absolute Gasteiger partial charge is 0.493 e. The van der Waals surface area contributed by atoms with Gasteiger partial charge in [0.1, 0.15) is 5.37 Å². The van der Waals surface area contributed by atoms with Crippen molar-refractivity contribution in [1.29, 1.82) is 0 Å². The standard InChI is InChI=1S/C15H21NO4S2/c1-19-12-4-3-11(9-13(12)20-2)15-16(14(18)10-22-15)5-7-21-8-6-17/h3-4,9,15,17H,5-8,10H2,1-2H3. The smallest absolute Gasteiger partial charge is 0.233 e. The van der Waals surface area contributed by atoms with E-state index in [1.165, 1.54) is 0 Å². The van der Waals surface area contributed by atoms with Crippen LogP contribution in [0.3, 0.4) is 0 Å². The molecule has 1 aliphatic rings. The maximum Gasteiger partial charge on any atom is 0.233 e. The number of methoxy groups -OCH3 is 2. The molecule has 122 valence electrons. The minimum absolute atomic E-state index is 0.0158. The Morgan fingerprint density at radius 2 is 2.09 bits per heavy atom. The number of amides is 1. The zero-order chi connectivity index (χ0) is 15.9. The summed E-state index contributed by atoms with van der Waals surface area (Å²) in [5.74, 6) is 3.56. The molecule has 0 aliphatic carbocycles. The first-order valence-electron chi connectivity index (χ1n) is 7.03. The Balaban J connectivity index is 2.10. The van der Waals surface area contributed by atoms with Gasteiger partial charge in [0.15, 0.2) is 11.5 Å². The van der Waals surface area contributed by atoms with Crippen LogP contribution in [0.25, 0.3) is 0 Å². The topological polar surface area (TPSA) is 59.0 Å². The molecule has 1 aromatic carbocycles. The van der Waals surface area contributed by atoms with Crippen LogP contribution >= 0.6 is 23.5 Å². The van der Waals surface area contributed by atoms with Gasteiger partial charge in [0, 0.05) is 18.1 Å². The molecule has 1 saturated heterocycles. The van der Waals surface area contributed by atoms with Crippen molar-refractivity contribution in [3.05, 3.63) is 23.8 Å². The molecule has 1 unspecified atom stereocenters. The van der Waals surface area contributed by atoms with E-state index in [0.717, 1.165) is 11.3 Å². The number of hydrogen-bond acceptors (Lipinski definition) is 6. The van der Waals surface area contributed by atoms with Gasteiger partial charge in [-0.1, -0.05) is 6.07 Å². The van der Waals surface area contributed by atoms with Crippen molar-refractivity contribution >= 4 is 29.4 Å². The lowest BCUT2D eigenvalue weighted by atomic mass is 10.2. The van der Waals surface area contributed by atoms with Gasteiger partial charge >= 0.3 is 0 Å². The van der Waals surface area contributed by atoms with Crippen molar-refractivity contribution in [2.45, 2.75) is 5.37 Å². The van der Waals surface area contributed by atoms with Crippen LogP contribution < -0.4 is 9.47 Å². The average molecular weight is 343 g/mol. The van der Waals surface area contributed by atoms with Gasteiger partial charge in [0.25, 0.3) is 0 Å². The first-order chi connectivity index (χ1) is 10.7. The zero-order valence-electron chi connectivity index (χ0n) is 12.8. The molecule has 0 saturated carbocycles. The van der Waals surface area contributed by atoms with Crippen molar-refractivity contribution < 1.29 is 19.4 Å². The predicted molar refractivity (Wildman–Crippen MR) is 90.9 cm³/mol. The predicted octanol–water partition coefficient (Wildman–Crippen LogP) is 2.00. The van der Waals surface area contributed by atoms with Gasteiger partial charge in [-0.3, -0.25) is 4.79 Å². The number of aliphatic hydroxyl groups is 1. The van der Waals surface area contributed by atoms with E-state index in [1.807, 2.05) is 23.1 Å². The highest BCUT2D eigenvalue weighted by molar-refractivity contribution is 8.00. The fourth-order valence-electron chi connectivity index (χ4n) is 2.31. The third-order valence-corrected chi connectivity index (χ3v) is 5.57. The summed E-state index contributed by atoms with van der Waals surface area (Å²) in [4.78, 5) is 14.0. The molecule has 0 aromatic heterocycles. The van der Waals surface area contributed by atoms with E-state index in [4.69, 9.17) is 14.6 Å². The Bertz CT molecular complexity index is 512. The van der Waals surface area contributed by atoms with Crippen LogP contribution in [0.4, 0.5) is 0 Å². The van der Waals surface area contributed by atoms with Crippen LogP contribution in [0.2, 0.25) is 0 Å². The summed E-state index contributed by atoms with van der Waals surface area (Å²) in [6.07, 6.45) is 0. The molecule has 1 N–H and O–H groups in total. The second kappa shape index (κ2) is 8.55. The zero-order valence-corrected chi connectivity index (χ0v) is 14.4. The molecule has 1 aliphatic heterocycles. The highest BCUT2D eigenvalue weighted by Gasteiger charge is 2.32. The number of thioether (sulfide) groups is 2. The van der Waals surface area contributed by atoms with Crippen molar-refractivity contribution in [3.8, 4) is 11.5 Å². The number of hydrogen-bond donors (Lipinski definition) is 1. The number of carbonyl (C=O) groups excluding carboxylic acids is 1. The molecule has 1 atom stereocenters. The minimum Gasteiger partial charge on any atom is -0.493 e. The van der Waals surface area contributed by atoms with Crippen LogP contribution in [-0.4, -0.2) is 60.5 Å². The van der Waals surface area contributed by atoms with Gasteiger partial charge in [-0.05, 0) is 17.7 Å². The normalized spacial score (nSPS) is 17.9. The summed E-state index contributed by atoms with van der Waals surface area (Å²) in [6, 6.07) is 5.78. The molecule has 22 heavy (non-hydrogen) atoms. The lowest BCUT2D eigenvalue weighted by Gasteiger charge is -2.24. The monoisotopic (exact) mass is 343 g/mol. The number of nitrogens with zero attached hydrogens (tertiary/aromatic N) is 1. The Morgan fingerprint density at radius 1 is 1.32 bits per heavy atom. The van der Waals surface area contributed by atoms with E-state index in [9.17, 15) is 4.79 Å². The van der Waals surface area contributed by atoms with E-state index in [-0.39, 0.29) is 17.9 Å². The maximum atomic E-state index is 12.1. The van der Waals surface area contributed by atoms with Crippen LogP contribution in [0.1, 0.15) is 10.9 Å². The molecule has 2 rings (SSSR count). The summed E-state index contributed by atoms with van der Waals surface area (Å²) < 4.78 is 10.6. The summed E-state index contributed by atoms with van der Waals surface area (Å²) >= 11 is 3.28. The Hall–Kier alpha value is -1.05. The summed E-state index contributed by atoms with van der Waals surface area (Å²) in [6.45, 7) is 0.863. The molecule has 1 fully saturated rings. The Kier molecular flexibility index (Phi) is 6.72. The van der Waals surface area contributed by atoms with E-state index in [2.05, 4.69) is 0 Å². The molecule has 0 radical (unpaired) electrons. The summed E-state index contributed by atoms with van der Waals surface area (Å²) in [7, 11) is 3.22. The third kappa shape index (κ3) is 4.02. The van der Waals surface area contributed by atoms with E-state index >= 15 is 0 Å². The van der Waals surface area contributed by atoms with E-state index in [1.54, 1.807) is 37.7 Å². The number of aliphatic hydroxyl groups excluding tert-OH is 1. The lowest BCUT2D eigenvalue weighted by Crippen LogP contribution is -2.30. The van der Waals surface area contributed by atoms with Crippen molar-refractivity contribution in [1.82, 2.24) is 4.90 Å². The fraction of sp³-hybridized carbons (Fsp3) is 0.533. The third-order valence-electron chi connectivity index (χ3n) is 3.37. The molecule has 5 nitrogen and oxygen atoms in total. The van der Waals surface area contributed by atoms with Crippen molar-refractivity contribution in [3.63, 3.8) is 0 Å². The molecular formula is C15H21NO4S2. The van der Waals surface area contributed by atoms with Crippen molar-refractivity contribution in [2.24, 2.45) is 0 Å². The minimum atomic E-state index is 0.0158.